The standard InChI is InChI=1S/C21H29N5S/c1-16(2)19(20-22-23-24-26(20)21(3,4)5)25(15-18-12-9-13-27-18)14-17-10-7-6-8-11-17/h6-13,16,19H,14-15H2,1-5H3/p+1/t19-/m1/s1. The van der Waals surface area contributed by atoms with E-state index in [0.717, 1.165) is 18.9 Å². The van der Waals surface area contributed by atoms with Gasteiger partial charge >= 0.3 is 0 Å². The molecule has 0 aliphatic heterocycles. The van der Waals surface area contributed by atoms with Crippen molar-refractivity contribution in [2.45, 2.75) is 59.3 Å². The molecule has 2 aromatic heterocycles. The molecule has 3 rings (SSSR count). The minimum absolute atomic E-state index is 0.146. The van der Waals surface area contributed by atoms with E-state index in [9.17, 15) is 0 Å². The molecule has 0 spiro atoms. The van der Waals surface area contributed by atoms with E-state index in [1.165, 1.54) is 15.3 Å². The fourth-order valence-corrected chi connectivity index (χ4v) is 4.35. The van der Waals surface area contributed by atoms with Crippen LogP contribution >= 0.6 is 11.3 Å². The lowest BCUT2D eigenvalue weighted by Gasteiger charge is -2.32. The van der Waals surface area contributed by atoms with Crippen molar-refractivity contribution in [3.63, 3.8) is 0 Å². The van der Waals surface area contributed by atoms with Crippen molar-refractivity contribution in [2.75, 3.05) is 0 Å². The minimum Gasteiger partial charge on any atom is -0.318 e. The molecule has 0 aliphatic carbocycles. The Balaban J connectivity index is 1.99. The van der Waals surface area contributed by atoms with E-state index in [2.05, 4.69) is 98.0 Å². The van der Waals surface area contributed by atoms with Crippen molar-refractivity contribution in [1.29, 1.82) is 0 Å². The molecule has 0 amide bonds. The van der Waals surface area contributed by atoms with Crippen LogP contribution in [0.5, 0.6) is 0 Å². The molecule has 6 heteroatoms. The Morgan fingerprint density at radius 1 is 1.04 bits per heavy atom. The molecule has 0 fully saturated rings. The lowest BCUT2D eigenvalue weighted by Crippen LogP contribution is -3.10. The molecule has 1 N–H and O–H groups in total. The summed E-state index contributed by atoms with van der Waals surface area (Å²) in [6.07, 6.45) is 0. The highest BCUT2D eigenvalue weighted by molar-refractivity contribution is 7.09. The lowest BCUT2D eigenvalue weighted by atomic mass is 9.99. The van der Waals surface area contributed by atoms with Crippen molar-refractivity contribution in [1.82, 2.24) is 20.2 Å². The van der Waals surface area contributed by atoms with Gasteiger partial charge in [-0.25, -0.2) is 4.68 Å². The Labute approximate surface area is 166 Å². The summed E-state index contributed by atoms with van der Waals surface area (Å²) in [7, 11) is 0. The maximum absolute atomic E-state index is 4.48. The SMILES string of the molecule is CC(C)[C@H](c1nnnn1C(C)(C)C)[NH+](Cc1ccccc1)Cc1cccs1. The molecule has 0 saturated carbocycles. The first-order chi connectivity index (χ1) is 12.9. The molecular formula is C21H30N5S+. The second-order valence-corrected chi connectivity index (χ2v) is 9.45. The van der Waals surface area contributed by atoms with E-state index < -0.39 is 0 Å². The summed E-state index contributed by atoms with van der Waals surface area (Å²) in [6, 6.07) is 15.3. The van der Waals surface area contributed by atoms with Crippen molar-refractivity contribution >= 4 is 11.3 Å². The van der Waals surface area contributed by atoms with Gasteiger partial charge in [0.05, 0.1) is 10.4 Å². The van der Waals surface area contributed by atoms with Gasteiger partial charge in [-0.1, -0.05) is 50.2 Å². The topological polar surface area (TPSA) is 48.0 Å². The fourth-order valence-electron chi connectivity index (χ4n) is 3.60. The van der Waals surface area contributed by atoms with Crippen molar-refractivity contribution in [3.05, 3.63) is 64.1 Å². The van der Waals surface area contributed by atoms with E-state index in [0.29, 0.717) is 5.92 Å². The highest BCUT2D eigenvalue weighted by atomic mass is 32.1. The van der Waals surface area contributed by atoms with Gasteiger partial charge in [0, 0.05) is 11.5 Å². The molecule has 3 aromatic rings. The third-order valence-electron chi connectivity index (χ3n) is 4.77. The zero-order valence-corrected chi connectivity index (χ0v) is 17.7. The van der Waals surface area contributed by atoms with Crippen molar-refractivity contribution in [2.24, 2.45) is 5.92 Å². The van der Waals surface area contributed by atoms with Crippen LogP contribution in [0.2, 0.25) is 0 Å². The number of thiophene rings is 1. The normalized spacial score (nSPS) is 14.4. The van der Waals surface area contributed by atoms with E-state index >= 15 is 0 Å². The summed E-state index contributed by atoms with van der Waals surface area (Å²) in [5.74, 6) is 1.38. The Morgan fingerprint density at radius 2 is 1.78 bits per heavy atom. The Morgan fingerprint density at radius 3 is 2.37 bits per heavy atom. The number of tetrazole rings is 1. The first-order valence-corrected chi connectivity index (χ1v) is 10.4. The molecule has 0 radical (unpaired) electrons. The van der Waals surface area contributed by atoms with E-state index in [1.54, 1.807) is 0 Å². The number of hydrogen-bond acceptors (Lipinski definition) is 4. The molecule has 0 saturated heterocycles. The van der Waals surface area contributed by atoms with Gasteiger partial charge in [-0.15, -0.1) is 16.4 Å². The van der Waals surface area contributed by atoms with Crippen molar-refractivity contribution < 1.29 is 4.90 Å². The van der Waals surface area contributed by atoms with Crippen LogP contribution in [0.25, 0.3) is 0 Å². The predicted octanol–water partition coefficient (Wildman–Crippen LogP) is 3.47. The summed E-state index contributed by atoms with van der Waals surface area (Å²) >= 11 is 1.82. The van der Waals surface area contributed by atoms with E-state index in [1.807, 2.05) is 16.0 Å². The molecule has 2 heterocycles. The molecular weight excluding hydrogens is 354 g/mol. The molecule has 1 unspecified atom stereocenters. The van der Waals surface area contributed by atoms with Crippen LogP contribution in [0.1, 0.15) is 56.9 Å². The lowest BCUT2D eigenvalue weighted by molar-refractivity contribution is -0.962. The molecule has 27 heavy (non-hydrogen) atoms. The van der Waals surface area contributed by atoms with Crippen LogP contribution in [0, 0.1) is 5.92 Å². The number of rotatable bonds is 7. The minimum atomic E-state index is -0.146. The third kappa shape index (κ3) is 4.82. The molecule has 144 valence electrons. The second-order valence-electron chi connectivity index (χ2n) is 8.42. The zero-order chi connectivity index (χ0) is 19.4. The van der Waals surface area contributed by atoms with Crippen LogP contribution < -0.4 is 4.90 Å². The summed E-state index contributed by atoms with van der Waals surface area (Å²) < 4.78 is 2.00. The number of nitrogens with zero attached hydrogens (tertiary/aromatic N) is 4. The van der Waals surface area contributed by atoms with E-state index in [4.69, 9.17) is 0 Å². The van der Waals surface area contributed by atoms with Gasteiger partial charge in [0.1, 0.15) is 13.1 Å². The van der Waals surface area contributed by atoms with Crippen LogP contribution in [-0.4, -0.2) is 20.2 Å². The number of hydrogen-bond donors (Lipinski definition) is 1. The number of benzene rings is 1. The zero-order valence-electron chi connectivity index (χ0n) is 16.9. The first-order valence-electron chi connectivity index (χ1n) is 9.56. The molecule has 1 aromatic carbocycles. The monoisotopic (exact) mass is 384 g/mol. The summed E-state index contributed by atoms with van der Waals surface area (Å²) in [5.41, 5.74) is 1.19. The Kier molecular flexibility index (Phi) is 6.07. The fraction of sp³-hybridized carbons (Fsp3) is 0.476. The van der Waals surface area contributed by atoms with Crippen LogP contribution in [0.3, 0.4) is 0 Å². The number of nitrogens with one attached hydrogen (secondary N) is 1. The van der Waals surface area contributed by atoms with Gasteiger partial charge in [-0.2, -0.15) is 0 Å². The molecule has 5 nitrogen and oxygen atoms in total. The van der Waals surface area contributed by atoms with Crippen LogP contribution in [0.4, 0.5) is 0 Å². The van der Waals surface area contributed by atoms with Crippen molar-refractivity contribution in [3.8, 4) is 0 Å². The van der Waals surface area contributed by atoms with Gasteiger partial charge in [-0.05, 0) is 42.6 Å². The molecule has 0 aliphatic rings. The van der Waals surface area contributed by atoms with Crippen LogP contribution in [-0.2, 0) is 18.6 Å². The highest BCUT2D eigenvalue weighted by Crippen LogP contribution is 2.22. The Hall–Kier alpha value is -2.05. The van der Waals surface area contributed by atoms with Gasteiger partial charge in [0.15, 0.2) is 6.04 Å². The first kappa shape index (κ1) is 19.7. The maximum Gasteiger partial charge on any atom is 0.210 e. The summed E-state index contributed by atoms with van der Waals surface area (Å²) in [6.45, 7) is 12.9. The van der Waals surface area contributed by atoms with Gasteiger partial charge in [0.2, 0.25) is 5.82 Å². The van der Waals surface area contributed by atoms with Gasteiger partial charge in [0.25, 0.3) is 0 Å². The molecule has 2 atom stereocenters. The third-order valence-corrected chi connectivity index (χ3v) is 5.65. The maximum atomic E-state index is 4.48. The Bertz CT molecular complexity index is 818. The molecule has 0 bridgehead atoms. The second kappa shape index (κ2) is 8.31. The quantitative estimate of drug-likeness (QED) is 0.678. The summed E-state index contributed by atoms with van der Waals surface area (Å²) in [4.78, 5) is 2.86. The predicted molar refractivity (Wildman–Crippen MR) is 110 cm³/mol. The average molecular weight is 385 g/mol. The van der Waals surface area contributed by atoms with Crippen LogP contribution in [0.15, 0.2) is 47.8 Å². The average Bonchev–Trinajstić information content (AvgIpc) is 3.27. The smallest absolute Gasteiger partial charge is 0.210 e. The largest absolute Gasteiger partial charge is 0.318 e. The number of aromatic nitrogens is 4. The highest BCUT2D eigenvalue weighted by Gasteiger charge is 2.35. The number of quaternary nitrogens is 1. The summed E-state index contributed by atoms with van der Waals surface area (Å²) in [5, 5.41) is 15.0. The van der Waals surface area contributed by atoms with Gasteiger partial charge < -0.3 is 4.90 Å². The van der Waals surface area contributed by atoms with E-state index in [-0.39, 0.29) is 11.6 Å². The van der Waals surface area contributed by atoms with Gasteiger partial charge in [-0.3, -0.25) is 0 Å².